The number of hydrogen-bond donors (Lipinski definition) is 2. The Labute approximate surface area is 140 Å². The predicted octanol–water partition coefficient (Wildman–Crippen LogP) is 0.847. The zero-order valence-corrected chi connectivity index (χ0v) is 14.1. The molecule has 0 unspecified atom stereocenters. The Kier molecular flexibility index (Phi) is 6.37. The van der Waals surface area contributed by atoms with Gasteiger partial charge in [0.15, 0.2) is 11.6 Å². The highest BCUT2D eigenvalue weighted by Crippen LogP contribution is 2.05. The maximum Gasteiger partial charge on any atom is 0.419 e. The quantitative estimate of drug-likeness (QED) is 0.550. The lowest BCUT2D eigenvalue weighted by molar-refractivity contribution is -0.304. The molecular weight excluding hydrogens is 318 g/mol. The van der Waals surface area contributed by atoms with Crippen molar-refractivity contribution in [3.63, 3.8) is 0 Å². The number of carbonyl (C=O) groups is 1. The number of likely N-dealkylation sites (N-methyl/N-ethyl adjacent to an activating group) is 1. The van der Waals surface area contributed by atoms with Crippen molar-refractivity contribution in [1.82, 2.24) is 20.2 Å². The van der Waals surface area contributed by atoms with Crippen LogP contribution in [0.1, 0.15) is 11.5 Å². The molecule has 1 amide bonds. The summed E-state index contributed by atoms with van der Waals surface area (Å²) >= 11 is 4.94. The van der Waals surface area contributed by atoms with Crippen molar-refractivity contribution in [2.45, 2.75) is 13.5 Å². The van der Waals surface area contributed by atoms with Gasteiger partial charge in [-0.25, -0.2) is 0 Å². The number of carbonyl (C=O) groups excluding carboxylic acids is 1. The van der Waals surface area contributed by atoms with Crippen molar-refractivity contribution in [3.05, 3.63) is 41.2 Å². The number of aromatic nitrogens is 2. The Morgan fingerprint density at radius 2 is 2.26 bits per heavy atom. The maximum atomic E-state index is 11.8. The zero-order valence-electron chi connectivity index (χ0n) is 13.2. The van der Waals surface area contributed by atoms with E-state index in [4.69, 9.17) is 11.6 Å². The second kappa shape index (κ2) is 8.50. The normalized spacial score (nSPS) is 10.8. The predicted molar refractivity (Wildman–Crippen MR) is 85.0 cm³/mol. The molecule has 0 aliphatic heterocycles. The minimum absolute atomic E-state index is 0.0907. The molecule has 0 aliphatic rings. The summed E-state index contributed by atoms with van der Waals surface area (Å²) in [5.74, 6) is 1.50. The highest BCUT2D eigenvalue weighted by molar-refractivity contribution is 5.80. The van der Waals surface area contributed by atoms with Gasteiger partial charge in [-0.2, -0.15) is 9.97 Å². The van der Waals surface area contributed by atoms with Crippen molar-refractivity contribution < 1.29 is 20.8 Å². The van der Waals surface area contributed by atoms with E-state index in [1.54, 1.807) is 12.3 Å². The summed E-state index contributed by atoms with van der Waals surface area (Å²) < 4.78 is 4.22. The summed E-state index contributed by atoms with van der Waals surface area (Å²) in [4.78, 5) is 22.0. The minimum atomic E-state index is -0.0907. The van der Waals surface area contributed by atoms with Gasteiger partial charge in [-0.3, -0.25) is 9.69 Å². The van der Waals surface area contributed by atoms with Crippen LogP contribution in [0.15, 0.2) is 28.9 Å². The maximum absolute atomic E-state index is 11.8. The number of rotatable bonds is 8. The van der Waals surface area contributed by atoms with E-state index in [9.17, 15) is 4.79 Å². The van der Waals surface area contributed by atoms with Gasteiger partial charge >= 0.3 is 5.28 Å². The van der Waals surface area contributed by atoms with Crippen molar-refractivity contribution in [2.24, 2.45) is 0 Å². The molecule has 124 valence electrons. The summed E-state index contributed by atoms with van der Waals surface area (Å²) in [5, 5.41) is 6.08. The van der Waals surface area contributed by atoms with Gasteiger partial charge in [0.2, 0.25) is 17.9 Å². The van der Waals surface area contributed by atoms with Crippen molar-refractivity contribution >= 4 is 11.7 Å². The van der Waals surface area contributed by atoms with Gasteiger partial charge in [0.05, 0.1) is 6.54 Å². The van der Waals surface area contributed by atoms with E-state index in [1.807, 2.05) is 26.1 Å². The first-order valence-electron chi connectivity index (χ1n) is 7.31. The zero-order chi connectivity index (χ0) is 16.7. The van der Waals surface area contributed by atoms with E-state index in [-0.39, 0.29) is 17.7 Å². The molecule has 0 spiro atoms. The third-order valence-electron chi connectivity index (χ3n) is 3.13. The van der Waals surface area contributed by atoms with Crippen molar-refractivity contribution in [2.75, 3.05) is 32.0 Å². The first kappa shape index (κ1) is 17.2. The molecule has 0 saturated heterocycles. The van der Waals surface area contributed by atoms with E-state index in [1.165, 1.54) is 0 Å². The average Bonchev–Trinajstić information content (AvgIpc) is 2.97. The summed E-state index contributed by atoms with van der Waals surface area (Å²) in [7, 11) is 1.99. The molecule has 3 N–H and O–H groups in total. The molecular formula is C15H22ClN5O2+2. The Balaban J connectivity index is 1.65. The number of amides is 1. The molecule has 0 aliphatic carbocycles. The van der Waals surface area contributed by atoms with Gasteiger partial charge in [0.1, 0.15) is 12.4 Å². The van der Waals surface area contributed by atoms with E-state index in [2.05, 4.69) is 29.9 Å². The SMILES string of the molecule is Cc1cc(NCC(=O)NCCN(C)Cc2ccc[oH+]2)nc([ClH+])n1. The summed E-state index contributed by atoms with van der Waals surface area (Å²) in [6.07, 6.45) is 1.78. The third-order valence-corrected chi connectivity index (χ3v) is 3.31. The topological polar surface area (TPSA) is 83.0 Å². The smallest absolute Gasteiger partial charge is 0.419 e. The van der Waals surface area contributed by atoms with E-state index >= 15 is 0 Å². The highest BCUT2D eigenvalue weighted by atomic mass is 35.5. The van der Waals surface area contributed by atoms with Crippen LogP contribution in [0.25, 0.3) is 0 Å². The third kappa shape index (κ3) is 6.25. The van der Waals surface area contributed by atoms with Crippen LogP contribution in [0.2, 0.25) is 5.28 Å². The van der Waals surface area contributed by atoms with E-state index in [0.717, 1.165) is 24.5 Å². The van der Waals surface area contributed by atoms with Crippen LogP contribution in [0.3, 0.4) is 0 Å². The molecule has 0 aromatic carbocycles. The molecule has 2 rings (SSSR count). The van der Waals surface area contributed by atoms with Gasteiger partial charge in [0, 0.05) is 37.0 Å². The van der Waals surface area contributed by atoms with Crippen LogP contribution in [0, 0.1) is 18.5 Å². The number of aryl methyl sites for hydroxylation is 1. The highest BCUT2D eigenvalue weighted by Gasteiger charge is 2.09. The summed E-state index contributed by atoms with van der Waals surface area (Å²) in [5.41, 5.74) is 0.774. The standard InChI is InChI=1S/C15H20ClN5O2/c1-11-8-13(20-15(16)19-11)18-9-14(22)17-5-6-21(2)10-12-4-3-7-23-12/h3-4,7-8,16H,5-6,9-10H2,1-2H3,(H-,17,18,19,20,22)/p+2. The Morgan fingerprint density at radius 1 is 1.43 bits per heavy atom. The lowest BCUT2D eigenvalue weighted by Crippen LogP contribution is -2.36. The van der Waals surface area contributed by atoms with Crippen LogP contribution in [0.4, 0.5) is 5.82 Å². The van der Waals surface area contributed by atoms with Crippen LogP contribution in [0.5, 0.6) is 0 Å². The first-order valence-corrected chi connectivity index (χ1v) is 7.72. The van der Waals surface area contributed by atoms with Gasteiger partial charge in [-0.15, -0.1) is 0 Å². The van der Waals surface area contributed by atoms with E-state index in [0.29, 0.717) is 12.4 Å². The largest absolute Gasteiger partial charge is 0.554 e. The van der Waals surface area contributed by atoms with Gasteiger partial charge < -0.3 is 15.1 Å². The number of nitrogens with one attached hydrogen (secondary N) is 2. The fraction of sp³-hybridized carbons (Fsp3) is 0.400. The van der Waals surface area contributed by atoms with Gasteiger partial charge in [-0.05, 0) is 14.0 Å². The number of anilines is 1. The fourth-order valence-electron chi connectivity index (χ4n) is 2.04. The average molecular weight is 340 g/mol. The fourth-order valence-corrected chi connectivity index (χ4v) is 2.28. The minimum Gasteiger partial charge on any atom is -0.554 e. The molecule has 2 heterocycles. The van der Waals surface area contributed by atoms with Gasteiger partial charge in [-0.1, -0.05) is 0 Å². The molecule has 0 bridgehead atoms. The number of nitrogens with zero attached hydrogens (tertiary/aromatic N) is 3. The van der Waals surface area contributed by atoms with Crippen molar-refractivity contribution in [3.8, 4) is 0 Å². The molecule has 2 aromatic heterocycles. The number of hydrogen-bond acceptors (Lipinski definition) is 5. The lowest BCUT2D eigenvalue weighted by atomic mass is 10.4. The molecule has 7 nitrogen and oxygen atoms in total. The second-order valence-corrected chi connectivity index (χ2v) is 5.61. The summed E-state index contributed by atoms with van der Waals surface area (Å²) in [6, 6.07) is 5.65. The van der Waals surface area contributed by atoms with Crippen LogP contribution < -0.4 is 10.6 Å². The van der Waals surface area contributed by atoms with Crippen LogP contribution in [-0.2, 0) is 11.3 Å². The molecule has 8 heteroatoms. The molecule has 0 saturated carbocycles. The van der Waals surface area contributed by atoms with Crippen LogP contribution >= 0.6 is 0 Å². The Morgan fingerprint density at radius 3 is 2.96 bits per heavy atom. The molecule has 0 atom stereocenters. The second-order valence-electron chi connectivity index (χ2n) is 5.25. The Bertz CT molecular complexity index is 613. The number of halogens is 1. The molecule has 0 fully saturated rings. The van der Waals surface area contributed by atoms with Gasteiger partial charge in [0.25, 0.3) is 0 Å². The molecule has 23 heavy (non-hydrogen) atoms. The lowest BCUT2D eigenvalue weighted by Gasteiger charge is -2.14. The molecule has 0 radical (unpaired) electrons. The monoisotopic (exact) mass is 339 g/mol. The van der Waals surface area contributed by atoms with Crippen molar-refractivity contribution in [1.29, 1.82) is 0 Å². The van der Waals surface area contributed by atoms with Crippen LogP contribution in [-0.4, -0.2) is 47.5 Å². The van der Waals surface area contributed by atoms with E-state index < -0.39 is 0 Å². The molecule has 2 aromatic rings. The Hall–Kier alpha value is -2.12. The summed E-state index contributed by atoms with van der Waals surface area (Å²) in [6.45, 7) is 4.08. The number of furan rings is 1. The first-order chi connectivity index (χ1) is 11.0.